The molecule has 0 saturated heterocycles. The van der Waals surface area contributed by atoms with E-state index in [4.69, 9.17) is 5.26 Å². The van der Waals surface area contributed by atoms with Crippen molar-refractivity contribution in [1.82, 2.24) is 0 Å². The van der Waals surface area contributed by atoms with Crippen LogP contribution in [0.3, 0.4) is 0 Å². The van der Waals surface area contributed by atoms with Crippen molar-refractivity contribution in [3.8, 4) is 6.07 Å². The van der Waals surface area contributed by atoms with Gasteiger partial charge >= 0.3 is 0 Å². The Hall–Kier alpha value is -1.49. The lowest BCUT2D eigenvalue weighted by Crippen LogP contribution is -2.37. The molecule has 1 fully saturated rings. The molecule has 0 atom stereocenters. The maximum atomic E-state index is 9.09. The molecule has 78 valence electrons. The predicted octanol–water partition coefficient (Wildman–Crippen LogP) is 2.86. The van der Waals surface area contributed by atoms with E-state index in [1.165, 1.54) is 24.8 Å². The first-order chi connectivity index (χ1) is 7.24. The summed E-state index contributed by atoms with van der Waals surface area (Å²) in [7, 11) is 2.10. The van der Waals surface area contributed by atoms with Crippen LogP contribution in [0.4, 0.5) is 5.69 Å². The first-order valence-corrected chi connectivity index (χ1v) is 5.46. The van der Waals surface area contributed by atoms with Crippen molar-refractivity contribution in [3.63, 3.8) is 0 Å². The Balaban J connectivity index is 2.37. The van der Waals surface area contributed by atoms with Crippen molar-refractivity contribution < 1.29 is 0 Å². The number of aryl methyl sites for hydroxylation is 1. The van der Waals surface area contributed by atoms with Crippen molar-refractivity contribution in [2.45, 2.75) is 32.2 Å². The van der Waals surface area contributed by atoms with Gasteiger partial charge in [-0.25, -0.2) is 0 Å². The van der Waals surface area contributed by atoms with Crippen LogP contribution in [-0.2, 0) is 0 Å². The van der Waals surface area contributed by atoms with Gasteiger partial charge in [0, 0.05) is 13.1 Å². The molecular formula is C13H16N2. The molecule has 2 nitrogen and oxygen atoms in total. The van der Waals surface area contributed by atoms with Crippen LogP contribution < -0.4 is 4.90 Å². The fraction of sp³-hybridized carbons (Fsp3) is 0.462. The fourth-order valence-corrected chi connectivity index (χ4v) is 2.17. The minimum atomic E-state index is 0.637. The number of nitrogens with zero attached hydrogens (tertiary/aromatic N) is 2. The summed E-state index contributed by atoms with van der Waals surface area (Å²) in [4.78, 5) is 2.28. The molecule has 1 aromatic rings. The molecule has 1 aromatic carbocycles. The molecule has 15 heavy (non-hydrogen) atoms. The van der Waals surface area contributed by atoms with Gasteiger partial charge in [-0.2, -0.15) is 5.26 Å². The lowest BCUT2D eigenvalue weighted by Gasteiger charge is -2.37. The number of rotatable bonds is 2. The van der Waals surface area contributed by atoms with E-state index in [-0.39, 0.29) is 0 Å². The van der Waals surface area contributed by atoms with Gasteiger partial charge in [0.1, 0.15) is 6.07 Å². The third-order valence-electron chi connectivity index (χ3n) is 3.33. The van der Waals surface area contributed by atoms with Crippen molar-refractivity contribution in [3.05, 3.63) is 29.3 Å². The van der Waals surface area contributed by atoms with Gasteiger partial charge in [0.2, 0.25) is 0 Å². The molecule has 0 aliphatic heterocycles. The normalized spacial score (nSPS) is 15.5. The number of hydrogen-bond donors (Lipinski definition) is 0. The number of hydrogen-bond acceptors (Lipinski definition) is 2. The first kappa shape index (κ1) is 10.0. The summed E-state index contributed by atoms with van der Waals surface area (Å²) in [5.41, 5.74) is 3.11. The van der Waals surface area contributed by atoms with Gasteiger partial charge in [-0.1, -0.05) is 12.1 Å². The van der Waals surface area contributed by atoms with Crippen molar-refractivity contribution in [2.75, 3.05) is 11.9 Å². The molecule has 0 heterocycles. The third-order valence-corrected chi connectivity index (χ3v) is 3.33. The predicted molar refractivity (Wildman–Crippen MR) is 61.9 cm³/mol. The molecule has 0 radical (unpaired) electrons. The molecule has 0 amide bonds. The molecule has 0 aromatic heterocycles. The Labute approximate surface area is 91.1 Å². The highest BCUT2D eigenvalue weighted by molar-refractivity contribution is 5.64. The summed E-state index contributed by atoms with van der Waals surface area (Å²) >= 11 is 0. The van der Waals surface area contributed by atoms with Crippen molar-refractivity contribution >= 4 is 5.69 Å². The minimum absolute atomic E-state index is 0.637. The van der Waals surface area contributed by atoms with E-state index in [9.17, 15) is 0 Å². The third kappa shape index (κ3) is 1.70. The molecule has 0 spiro atoms. The highest BCUT2D eigenvalue weighted by Gasteiger charge is 2.24. The lowest BCUT2D eigenvalue weighted by molar-refractivity contribution is 0.400. The smallest absolute Gasteiger partial charge is 0.101 e. The Bertz CT molecular complexity index is 399. The Morgan fingerprint density at radius 2 is 2.13 bits per heavy atom. The van der Waals surface area contributed by atoms with Gasteiger partial charge in [-0.15, -0.1) is 0 Å². The van der Waals surface area contributed by atoms with Gasteiger partial charge < -0.3 is 4.90 Å². The van der Waals surface area contributed by atoms with Crippen LogP contribution >= 0.6 is 0 Å². The summed E-state index contributed by atoms with van der Waals surface area (Å²) in [6.45, 7) is 2.07. The van der Waals surface area contributed by atoms with Crippen LogP contribution in [0.2, 0.25) is 0 Å². The van der Waals surface area contributed by atoms with Crippen LogP contribution in [0.1, 0.15) is 30.4 Å². The summed E-state index contributed by atoms with van der Waals surface area (Å²) in [6.07, 6.45) is 3.84. The molecule has 1 aliphatic carbocycles. The quantitative estimate of drug-likeness (QED) is 0.734. The second-order valence-corrected chi connectivity index (χ2v) is 4.28. The maximum Gasteiger partial charge on any atom is 0.101 e. The largest absolute Gasteiger partial charge is 0.370 e. The fourth-order valence-electron chi connectivity index (χ4n) is 2.17. The zero-order valence-corrected chi connectivity index (χ0v) is 9.33. The van der Waals surface area contributed by atoms with E-state index >= 15 is 0 Å². The SMILES string of the molecule is Cc1cccc(C#N)c1N(C)C1CCC1. The zero-order valence-electron chi connectivity index (χ0n) is 9.33. The Morgan fingerprint density at radius 1 is 1.40 bits per heavy atom. The highest BCUT2D eigenvalue weighted by atomic mass is 15.1. The van der Waals surface area contributed by atoms with Crippen molar-refractivity contribution in [2.24, 2.45) is 0 Å². The summed E-state index contributed by atoms with van der Waals surface area (Å²) < 4.78 is 0. The molecule has 0 N–H and O–H groups in total. The van der Waals surface area contributed by atoms with Gasteiger partial charge in [0.05, 0.1) is 11.3 Å². The molecule has 0 unspecified atom stereocenters. The Kier molecular flexibility index (Phi) is 2.64. The molecule has 0 bridgehead atoms. The van der Waals surface area contributed by atoms with E-state index in [2.05, 4.69) is 31.0 Å². The number of anilines is 1. The van der Waals surface area contributed by atoms with Gasteiger partial charge in [0.15, 0.2) is 0 Å². The zero-order chi connectivity index (χ0) is 10.8. The van der Waals surface area contributed by atoms with Crippen LogP contribution in [0.5, 0.6) is 0 Å². The van der Waals surface area contributed by atoms with Gasteiger partial charge in [0.25, 0.3) is 0 Å². The highest BCUT2D eigenvalue weighted by Crippen LogP contribution is 2.32. The van der Waals surface area contributed by atoms with Crippen LogP contribution in [0.25, 0.3) is 0 Å². The van der Waals surface area contributed by atoms with E-state index < -0.39 is 0 Å². The van der Waals surface area contributed by atoms with E-state index in [1.54, 1.807) is 0 Å². The standard InChI is InChI=1S/C13H16N2/c1-10-5-3-6-11(9-14)13(10)15(2)12-7-4-8-12/h3,5-6,12H,4,7-8H2,1-2H3. The van der Waals surface area contributed by atoms with E-state index in [1.807, 2.05) is 12.1 Å². The van der Waals surface area contributed by atoms with Crippen LogP contribution in [-0.4, -0.2) is 13.1 Å². The molecule has 1 aliphatic rings. The van der Waals surface area contributed by atoms with Gasteiger partial charge in [-0.3, -0.25) is 0 Å². The number of para-hydroxylation sites is 1. The summed E-state index contributed by atoms with van der Waals surface area (Å²) in [6, 6.07) is 8.84. The van der Waals surface area contributed by atoms with Crippen LogP contribution in [0, 0.1) is 18.3 Å². The minimum Gasteiger partial charge on any atom is -0.370 e. The summed E-state index contributed by atoms with van der Waals surface area (Å²) in [5.74, 6) is 0. The summed E-state index contributed by atoms with van der Waals surface area (Å²) in [5, 5.41) is 9.09. The molecule has 2 rings (SSSR count). The lowest BCUT2D eigenvalue weighted by atomic mass is 9.90. The molecular weight excluding hydrogens is 184 g/mol. The van der Waals surface area contributed by atoms with Crippen LogP contribution in [0.15, 0.2) is 18.2 Å². The molecule has 2 heteroatoms. The Morgan fingerprint density at radius 3 is 2.67 bits per heavy atom. The number of nitriles is 1. The van der Waals surface area contributed by atoms with Gasteiger partial charge in [-0.05, 0) is 37.8 Å². The van der Waals surface area contributed by atoms with Crippen molar-refractivity contribution in [1.29, 1.82) is 5.26 Å². The topological polar surface area (TPSA) is 27.0 Å². The first-order valence-electron chi connectivity index (χ1n) is 5.46. The van der Waals surface area contributed by atoms with E-state index in [0.717, 1.165) is 11.3 Å². The number of benzene rings is 1. The average Bonchev–Trinajstić information content (AvgIpc) is 2.14. The monoisotopic (exact) mass is 200 g/mol. The van der Waals surface area contributed by atoms with E-state index in [0.29, 0.717) is 6.04 Å². The second kappa shape index (κ2) is 3.94. The second-order valence-electron chi connectivity index (χ2n) is 4.28. The maximum absolute atomic E-state index is 9.09. The average molecular weight is 200 g/mol. The molecule has 1 saturated carbocycles.